The van der Waals surface area contributed by atoms with E-state index in [1.165, 1.54) is 12.1 Å². The van der Waals surface area contributed by atoms with E-state index in [0.717, 1.165) is 6.07 Å². The van der Waals surface area contributed by atoms with Crippen molar-refractivity contribution in [1.82, 2.24) is 9.78 Å². The number of nitrogens with zero attached hydrogens (tertiary/aromatic N) is 2. The average Bonchev–Trinajstić information content (AvgIpc) is 2.59. The van der Waals surface area contributed by atoms with Crippen LogP contribution in [-0.2, 0) is 13.5 Å². The summed E-state index contributed by atoms with van der Waals surface area (Å²) < 4.78 is 14.9. The van der Waals surface area contributed by atoms with Crippen molar-refractivity contribution in [1.29, 1.82) is 0 Å². The van der Waals surface area contributed by atoms with E-state index in [0.29, 0.717) is 16.4 Å². The van der Waals surface area contributed by atoms with E-state index in [1.54, 1.807) is 18.7 Å². The summed E-state index contributed by atoms with van der Waals surface area (Å²) in [6.45, 7) is 1.76. The van der Waals surface area contributed by atoms with Crippen LogP contribution in [0.3, 0.4) is 0 Å². The molecule has 0 aliphatic carbocycles. The van der Waals surface area contributed by atoms with Crippen molar-refractivity contribution >= 4 is 23.1 Å². The summed E-state index contributed by atoms with van der Waals surface area (Å²) in [6, 6.07) is 4.01. The molecule has 0 spiro atoms. The van der Waals surface area contributed by atoms with Gasteiger partial charge in [0.25, 0.3) is 0 Å². The summed E-state index contributed by atoms with van der Waals surface area (Å²) in [5.74, 6) is -0.832. The van der Waals surface area contributed by atoms with E-state index < -0.39 is 5.82 Å². The minimum atomic E-state index is -0.599. The Morgan fingerprint density at radius 1 is 1.53 bits per heavy atom. The Kier molecular flexibility index (Phi) is 3.57. The third-order valence-corrected chi connectivity index (χ3v) is 3.40. The Labute approximate surface area is 115 Å². The van der Waals surface area contributed by atoms with Gasteiger partial charge in [0, 0.05) is 12.6 Å². The first-order valence-electron chi connectivity index (χ1n) is 5.66. The molecule has 0 unspecified atom stereocenters. The molecule has 0 saturated heterocycles. The minimum Gasteiger partial charge on any atom is -0.396 e. The molecule has 19 heavy (non-hydrogen) atoms. The zero-order valence-corrected chi connectivity index (χ0v) is 11.3. The lowest BCUT2D eigenvalue weighted by Crippen LogP contribution is -2.09. The Bertz CT molecular complexity index is 652. The van der Waals surface area contributed by atoms with Gasteiger partial charge >= 0.3 is 0 Å². The largest absolute Gasteiger partial charge is 0.396 e. The van der Waals surface area contributed by atoms with Gasteiger partial charge in [-0.15, -0.1) is 0 Å². The first kappa shape index (κ1) is 13.5. The predicted molar refractivity (Wildman–Crippen MR) is 71.8 cm³/mol. The maximum Gasteiger partial charge on any atom is 0.168 e. The highest BCUT2D eigenvalue weighted by Gasteiger charge is 2.16. The average molecular weight is 282 g/mol. The van der Waals surface area contributed by atoms with E-state index in [2.05, 4.69) is 5.10 Å². The second-order valence-corrected chi connectivity index (χ2v) is 4.68. The van der Waals surface area contributed by atoms with Crippen molar-refractivity contribution in [3.8, 4) is 0 Å². The topological polar surface area (TPSA) is 60.9 Å². The zero-order valence-electron chi connectivity index (χ0n) is 10.6. The third-order valence-electron chi connectivity index (χ3n) is 2.91. The zero-order chi connectivity index (χ0) is 14.2. The number of nitrogen functional groups attached to an aromatic ring is 1. The van der Waals surface area contributed by atoms with Crippen LogP contribution in [0.4, 0.5) is 10.1 Å². The first-order chi connectivity index (χ1) is 8.90. The van der Waals surface area contributed by atoms with Gasteiger partial charge in [0.1, 0.15) is 5.82 Å². The van der Waals surface area contributed by atoms with Crippen LogP contribution in [0.5, 0.6) is 0 Å². The van der Waals surface area contributed by atoms with E-state index in [1.807, 2.05) is 0 Å². The standard InChI is InChI=1S/C13H13ClFN3O/c1-7-13(14)11(18(2)17-7)6-12(19)8-3-4-10(16)9(15)5-8/h3-5H,6,16H2,1-2H3. The highest BCUT2D eigenvalue weighted by atomic mass is 35.5. The smallest absolute Gasteiger partial charge is 0.168 e. The number of hydrogen-bond acceptors (Lipinski definition) is 3. The van der Waals surface area contributed by atoms with E-state index >= 15 is 0 Å². The number of aryl methyl sites for hydroxylation is 2. The Hall–Kier alpha value is -1.88. The minimum absolute atomic E-state index is 0.0194. The lowest BCUT2D eigenvalue weighted by atomic mass is 10.1. The molecule has 2 rings (SSSR count). The molecule has 0 amide bonds. The van der Waals surface area contributed by atoms with E-state index in [9.17, 15) is 9.18 Å². The quantitative estimate of drug-likeness (QED) is 0.695. The maximum absolute atomic E-state index is 13.3. The molecule has 1 aromatic heterocycles. The van der Waals surface area contributed by atoms with Gasteiger partial charge < -0.3 is 5.73 Å². The van der Waals surface area contributed by atoms with E-state index in [4.69, 9.17) is 17.3 Å². The molecule has 2 N–H and O–H groups in total. The monoisotopic (exact) mass is 281 g/mol. The molecular weight excluding hydrogens is 269 g/mol. The molecule has 1 aromatic carbocycles. The maximum atomic E-state index is 13.3. The molecule has 2 aromatic rings. The summed E-state index contributed by atoms with van der Waals surface area (Å²) in [6.07, 6.45) is 0.0690. The third kappa shape index (κ3) is 2.61. The number of carbonyl (C=O) groups is 1. The number of aromatic nitrogens is 2. The number of ketones is 1. The number of rotatable bonds is 3. The number of carbonyl (C=O) groups excluding carboxylic acids is 1. The molecule has 0 aliphatic heterocycles. The number of halogens is 2. The molecule has 0 aliphatic rings. The number of Topliss-reactive ketones (excluding diaryl/α,β-unsaturated/α-hetero) is 1. The number of benzene rings is 1. The van der Waals surface area contributed by atoms with Gasteiger partial charge in [0.05, 0.1) is 28.5 Å². The van der Waals surface area contributed by atoms with Crippen molar-refractivity contribution in [2.75, 3.05) is 5.73 Å². The molecule has 0 fully saturated rings. The van der Waals surface area contributed by atoms with Gasteiger partial charge in [0.2, 0.25) is 0 Å². The fourth-order valence-electron chi connectivity index (χ4n) is 1.83. The van der Waals surface area contributed by atoms with E-state index in [-0.39, 0.29) is 23.5 Å². The van der Waals surface area contributed by atoms with Gasteiger partial charge in [-0.25, -0.2) is 4.39 Å². The summed E-state index contributed by atoms with van der Waals surface area (Å²) in [4.78, 5) is 12.1. The van der Waals surface area contributed by atoms with Crippen LogP contribution >= 0.6 is 11.6 Å². The molecule has 1 heterocycles. The number of nitrogens with two attached hydrogens (primary N) is 1. The van der Waals surface area contributed by atoms with Gasteiger partial charge in [-0.2, -0.15) is 5.10 Å². The summed E-state index contributed by atoms with van der Waals surface area (Å²) in [5, 5.41) is 4.59. The van der Waals surface area contributed by atoms with Gasteiger partial charge in [-0.3, -0.25) is 9.48 Å². The fraction of sp³-hybridized carbons (Fsp3) is 0.231. The lowest BCUT2D eigenvalue weighted by Gasteiger charge is -2.04. The highest BCUT2D eigenvalue weighted by Crippen LogP contribution is 2.21. The molecule has 0 atom stereocenters. The van der Waals surface area contributed by atoms with Crippen LogP contribution in [0.25, 0.3) is 0 Å². The summed E-state index contributed by atoms with van der Waals surface area (Å²) >= 11 is 6.07. The fourth-order valence-corrected chi connectivity index (χ4v) is 2.05. The number of hydrogen-bond donors (Lipinski definition) is 1. The second-order valence-electron chi connectivity index (χ2n) is 4.31. The lowest BCUT2D eigenvalue weighted by molar-refractivity contribution is 0.0990. The Morgan fingerprint density at radius 2 is 2.21 bits per heavy atom. The Morgan fingerprint density at radius 3 is 2.74 bits per heavy atom. The van der Waals surface area contributed by atoms with Gasteiger partial charge in [-0.05, 0) is 25.1 Å². The van der Waals surface area contributed by atoms with Crippen molar-refractivity contribution in [3.63, 3.8) is 0 Å². The SMILES string of the molecule is Cc1nn(C)c(CC(=O)c2ccc(N)c(F)c2)c1Cl. The van der Waals surface area contributed by atoms with Crippen molar-refractivity contribution in [2.24, 2.45) is 7.05 Å². The Balaban J connectivity index is 2.28. The van der Waals surface area contributed by atoms with Gasteiger partial charge in [0.15, 0.2) is 5.78 Å². The first-order valence-corrected chi connectivity index (χ1v) is 6.04. The second kappa shape index (κ2) is 5.01. The van der Waals surface area contributed by atoms with Crippen LogP contribution in [0.2, 0.25) is 5.02 Å². The highest BCUT2D eigenvalue weighted by molar-refractivity contribution is 6.32. The van der Waals surface area contributed by atoms with Crippen molar-refractivity contribution in [2.45, 2.75) is 13.3 Å². The van der Waals surface area contributed by atoms with Crippen molar-refractivity contribution < 1.29 is 9.18 Å². The molecule has 4 nitrogen and oxygen atoms in total. The predicted octanol–water partition coefficient (Wildman–Crippen LogP) is 2.53. The van der Waals surface area contributed by atoms with Crippen LogP contribution in [0.1, 0.15) is 21.7 Å². The molecule has 6 heteroatoms. The van der Waals surface area contributed by atoms with Crippen molar-refractivity contribution in [3.05, 3.63) is 46.0 Å². The molecular formula is C13H13ClFN3O. The molecule has 0 radical (unpaired) electrons. The molecule has 0 saturated carbocycles. The molecule has 100 valence electrons. The summed E-state index contributed by atoms with van der Waals surface area (Å²) in [5.41, 5.74) is 6.93. The molecule has 0 bridgehead atoms. The van der Waals surface area contributed by atoms with Crippen LogP contribution < -0.4 is 5.73 Å². The van der Waals surface area contributed by atoms with Crippen LogP contribution in [-0.4, -0.2) is 15.6 Å². The normalized spacial score (nSPS) is 10.7. The van der Waals surface area contributed by atoms with Crippen LogP contribution in [0, 0.1) is 12.7 Å². The summed E-state index contributed by atoms with van der Waals surface area (Å²) in [7, 11) is 1.71. The number of anilines is 1. The van der Waals surface area contributed by atoms with Crippen LogP contribution in [0.15, 0.2) is 18.2 Å². The van der Waals surface area contributed by atoms with Gasteiger partial charge in [-0.1, -0.05) is 11.6 Å².